The Hall–Kier alpha value is -4.00. The molecule has 7 heteroatoms. The van der Waals surface area contributed by atoms with Gasteiger partial charge in [-0.3, -0.25) is 9.78 Å². The van der Waals surface area contributed by atoms with Gasteiger partial charge in [-0.1, -0.05) is 18.2 Å². The highest BCUT2D eigenvalue weighted by molar-refractivity contribution is 5.96. The van der Waals surface area contributed by atoms with Crippen LogP contribution < -0.4 is 4.90 Å². The first kappa shape index (κ1) is 19.9. The first-order chi connectivity index (χ1) is 15.7. The molecule has 0 aliphatic carbocycles. The number of H-pyrrole nitrogens is 1. The highest BCUT2D eigenvalue weighted by Gasteiger charge is 2.22. The van der Waals surface area contributed by atoms with Crippen molar-refractivity contribution in [3.05, 3.63) is 78.1 Å². The van der Waals surface area contributed by atoms with Gasteiger partial charge in [0.05, 0.1) is 23.0 Å². The summed E-state index contributed by atoms with van der Waals surface area (Å²) in [5.74, 6) is 0.192. The van der Waals surface area contributed by atoms with Crippen LogP contribution in [0.4, 0.5) is 5.69 Å². The minimum atomic E-state index is -0.462. The predicted molar refractivity (Wildman–Crippen MR) is 121 cm³/mol. The number of amides is 1. The number of fused-ring (bicyclic) bond motifs is 2. The number of aromatic nitrogens is 3. The van der Waals surface area contributed by atoms with Crippen molar-refractivity contribution in [1.29, 1.82) is 0 Å². The van der Waals surface area contributed by atoms with E-state index in [9.17, 15) is 9.59 Å². The molecule has 1 N–H and O–H groups in total. The number of hydrogen-bond donors (Lipinski definition) is 1. The van der Waals surface area contributed by atoms with Gasteiger partial charge < -0.3 is 14.6 Å². The number of rotatable bonds is 5. The number of esters is 1. The number of para-hydroxylation sites is 1. The summed E-state index contributed by atoms with van der Waals surface area (Å²) in [6.45, 7) is 0.734. The highest BCUT2D eigenvalue weighted by Crippen LogP contribution is 2.27. The van der Waals surface area contributed by atoms with E-state index in [1.807, 2.05) is 30.3 Å². The van der Waals surface area contributed by atoms with Crippen LogP contribution in [-0.2, 0) is 16.0 Å². The number of anilines is 1. The van der Waals surface area contributed by atoms with Gasteiger partial charge in [0.1, 0.15) is 12.4 Å². The zero-order valence-corrected chi connectivity index (χ0v) is 17.5. The Kier molecular flexibility index (Phi) is 5.37. The first-order valence-corrected chi connectivity index (χ1v) is 10.6. The molecule has 2 aromatic carbocycles. The standard InChI is InChI=1S/C25H22N4O3/c30-23(29-13-4-7-17-5-1-2-8-22(17)29)11-14-32-25(31)18-9-10-20-21(15-18)28-24(27-20)19-6-3-12-26-16-19/h1-3,5-6,8-10,12,15-16H,4,7,11,13-14H2,(H,27,28). The van der Waals surface area contributed by atoms with E-state index >= 15 is 0 Å². The fourth-order valence-electron chi connectivity index (χ4n) is 4.02. The molecule has 0 spiro atoms. The second-order valence-corrected chi connectivity index (χ2v) is 7.72. The first-order valence-electron chi connectivity index (χ1n) is 10.6. The lowest BCUT2D eigenvalue weighted by Crippen LogP contribution is -2.36. The lowest BCUT2D eigenvalue weighted by atomic mass is 10.0. The minimum Gasteiger partial charge on any atom is -0.462 e. The minimum absolute atomic E-state index is 0.0323. The Labute approximate surface area is 185 Å². The fraction of sp³-hybridized carbons (Fsp3) is 0.200. The number of benzene rings is 2. The Bertz CT molecular complexity index is 1280. The smallest absolute Gasteiger partial charge is 0.338 e. The van der Waals surface area contributed by atoms with Gasteiger partial charge in [-0.15, -0.1) is 0 Å². The van der Waals surface area contributed by atoms with Gasteiger partial charge in [-0.2, -0.15) is 0 Å². The molecular weight excluding hydrogens is 404 g/mol. The van der Waals surface area contributed by atoms with Gasteiger partial charge in [-0.05, 0) is 54.8 Å². The fourth-order valence-corrected chi connectivity index (χ4v) is 4.02. The van der Waals surface area contributed by atoms with Gasteiger partial charge in [0.25, 0.3) is 0 Å². The van der Waals surface area contributed by atoms with Crippen molar-refractivity contribution in [2.45, 2.75) is 19.3 Å². The molecule has 3 heterocycles. The topological polar surface area (TPSA) is 88.2 Å². The quantitative estimate of drug-likeness (QED) is 0.484. The van der Waals surface area contributed by atoms with E-state index in [-0.39, 0.29) is 18.9 Å². The molecule has 0 unspecified atom stereocenters. The Morgan fingerprint density at radius 2 is 2.00 bits per heavy atom. The maximum Gasteiger partial charge on any atom is 0.338 e. The van der Waals surface area contributed by atoms with E-state index < -0.39 is 5.97 Å². The monoisotopic (exact) mass is 426 g/mol. The molecule has 0 radical (unpaired) electrons. The van der Waals surface area contributed by atoms with Crippen molar-refractivity contribution < 1.29 is 14.3 Å². The van der Waals surface area contributed by atoms with Crippen LogP contribution in [-0.4, -0.2) is 40.0 Å². The maximum absolute atomic E-state index is 12.7. The van der Waals surface area contributed by atoms with Gasteiger partial charge in [-0.25, -0.2) is 9.78 Å². The number of imidazole rings is 1. The van der Waals surface area contributed by atoms with Crippen molar-refractivity contribution in [3.63, 3.8) is 0 Å². The summed E-state index contributed by atoms with van der Waals surface area (Å²) in [5, 5.41) is 0. The second-order valence-electron chi connectivity index (χ2n) is 7.72. The van der Waals surface area contributed by atoms with Crippen molar-refractivity contribution in [2.75, 3.05) is 18.1 Å². The molecule has 0 saturated carbocycles. The van der Waals surface area contributed by atoms with Crippen LogP contribution in [0, 0.1) is 0 Å². The molecule has 0 atom stereocenters. The van der Waals surface area contributed by atoms with E-state index in [2.05, 4.69) is 21.0 Å². The third kappa shape index (κ3) is 3.97. The van der Waals surface area contributed by atoms with E-state index in [1.54, 1.807) is 35.5 Å². The van der Waals surface area contributed by atoms with Crippen LogP contribution in [0.1, 0.15) is 28.8 Å². The number of pyridine rings is 1. The van der Waals surface area contributed by atoms with Gasteiger partial charge >= 0.3 is 5.97 Å². The molecule has 160 valence electrons. The maximum atomic E-state index is 12.7. The van der Waals surface area contributed by atoms with Crippen LogP contribution in [0.2, 0.25) is 0 Å². The van der Waals surface area contributed by atoms with Gasteiger partial charge in [0.15, 0.2) is 0 Å². The largest absolute Gasteiger partial charge is 0.462 e. The summed E-state index contributed by atoms with van der Waals surface area (Å²) < 4.78 is 5.39. The zero-order valence-electron chi connectivity index (χ0n) is 17.5. The van der Waals surface area contributed by atoms with Crippen LogP contribution in [0.3, 0.4) is 0 Å². The third-order valence-corrected chi connectivity index (χ3v) is 5.61. The van der Waals surface area contributed by atoms with E-state index in [0.717, 1.165) is 35.1 Å². The van der Waals surface area contributed by atoms with Gasteiger partial charge in [0, 0.05) is 30.2 Å². The van der Waals surface area contributed by atoms with E-state index in [0.29, 0.717) is 17.9 Å². The highest BCUT2D eigenvalue weighted by atomic mass is 16.5. The zero-order chi connectivity index (χ0) is 21.9. The Balaban J connectivity index is 1.22. The molecule has 1 aliphatic heterocycles. The van der Waals surface area contributed by atoms with Crippen LogP contribution in [0.15, 0.2) is 67.0 Å². The molecule has 0 fully saturated rings. The number of nitrogens with one attached hydrogen (secondary N) is 1. The van der Waals surface area contributed by atoms with Crippen LogP contribution >= 0.6 is 0 Å². The number of carbonyl (C=O) groups excluding carboxylic acids is 2. The molecule has 7 nitrogen and oxygen atoms in total. The molecule has 5 rings (SSSR count). The number of carbonyl (C=O) groups is 2. The lowest BCUT2D eigenvalue weighted by Gasteiger charge is -2.29. The summed E-state index contributed by atoms with van der Waals surface area (Å²) in [5.41, 5.74) is 4.91. The van der Waals surface area contributed by atoms with Crippen LogP contribution in [0.25, 0.3) is 22.4 Å². The van der Waals surface area contributed by atoms with Crippen LogP contribution in [0.5, 0.6) is 0 Å². The van der Waals surface area contributed by atoms with Gasteiger partial charge in [0.2, 0.25) is 5.91 Å². The molecule has 1 amide bonds. The summed E-state index contributed by atoms with van der Waals surface area (Å²) in [4.78, 5) is 38.9. The van der Waals surface area contributed by atoms with E-state index in [4.69, 9.17) is 4.74 Å². The Morgan fingerprint density at radius 1 is 1.09 bits per heavy atom. The van der Waals surface area contributed by atoms with Crippen molar-refractivity contribution in [2.24, 2.45) is 0 Å². The third-order valence-electron chi connectivity index (χ3n) is 5.61. The molecule has 32 heavy (non-hydrogen) atoms. The second kappa shape index (κ2) is 8.63. The average Bonchev–Trinajstić information content (AvgIpc) is 3.27. The number of ether oxygens (including phenoxy) is 1. The molecule has 1 aliphatic rings. The lowest BCUT2D eigenvalue weighted by molar-refractivity contribution is -0.119. The molecule has 2 aromatic heterocycles. The number of hydrogen-bond acceptors (Lipinski definition) is 5. The SMILES string of the molecule is O=C(OCCC(=O)N1CCCc2ccccc21)c1ccc2nc(-c3cccnc3)[nH]c2c1. The number of nitrogens with zero attached hydrogens (tertiary/aromatic N) is 3. The molecule has 4 aromatic rings. The van der Waals surface area contributed by atoms with Crippen molar-refractivity contribution >= 4 is 28.6 Å². The summed E-state index contributed by atoms with van der Waals surface area (Å²) in [6, 6.07) is 16.9. The summed E-state index contributed by atoms with van der Waals surface area (Å²) >= 11 is 0. The van der Waals surface area contributed by atoms with Crippen molar-refractivity contribution in [3.8, 4) is 11.4 Å². The van der Waals surface area contributed by atoms with E-state index in [1.165, 1.54) is 5.56 Å². The predicted octanol–water partition coefficient (Wildman–Crippen LogP) is 4.15. The van der Waals surface area contributed by atoms with Crippen molar-refractivity contribution in [1.82, 2.24) is 15.0 Å². The summed E-state index contributed by atoms with van der Waals surface area (Å²) in [7, 11) is 0. The average molecular weight is 426 g/mol. The molecular formula is C25H22N4O3. The summed E-state index contributed by atoms with van der Waals surface area (Å²) in [6.07, 6.45) is 5.50. The number of aryl methyl sites for hydroxylation is 1. The molecule has 0 saturated heterocycles. The normalized spacial score (nSPS) is 13.1. The Morgan fingerprint density at radius 3 is 2.88 bits per heavy atom. The number of aromatic amines is 1. The molecule has 0 bridgehead atoms.